The second-order valence-electron chi connectivity index (χ2n) is 5.55. The van der Waals surface area contributed by atoms with E-state index < -0.39 is 30.6 Å². The van der Waals surface area contributed by atoms with Crippen molar-refractivity contribution in [2.45, 2.75) is 6.18 Å². The summed E-state index contributed by atoms with van der Waals surface area (Å²) in [7, 11) is 0. The molecule has 2 aromatic carbocycles. The highest BCUT2D eigenvalue weighted by molar-refractivity contribution is 6.42. The van der Waals surface area contributed by atoms with Gasteiger partial charge in [-0.2, -0.15) is 13.2 Å². The van der Waals surface area contributed by atoms with Gasteiger partial charge < -0.3 is 0 Å². The first-order chi connectivity index (χ1) is 12.6. The summed E-state index contributed by atoms with van der Waals surface area (Å²) in [5.41, 5.74) is -0.157. The minimum Gasteiger partial charge on any atom is -0.286 e. The highest BCUT2D eigenvalue weighted by atomic mass is 35.5. The van der Waals surface area contributed by atoms with Crippen LogP contribution in [-0.2, 0) is 4.79 Å². The number of anilines is 1. The van der Waals surface area contributed by atoms with E-state index in [9.17, 15) is 27.6 Å². The van der Waals surface area contributed by atoms with E-state index >= 15 is 0 Å². The van der Waals surface area contributed by atoms with Gasteiger partial charge in [-0.05, 0) is 30.3 Å². The van der Waals surface area contributed by atoms with Crippen molar-refractivity contribution in [3.05, 3.63) is 63.6 Å². The van der Waals surface area contributed by atoms with Crippen LogP contribution in [0.15, 0.2) is 42.5 Å². The molecule has 3 rings (SSSR count). The number of rotatable bonds is 3. The summed E-state index contributed by atoms with van der Waals surface area (Å²) in [6, 6.07) is 9.19. The van der Waals surface area contributed by atoms with Gasteiger partial charge in [0.05, 0.1) is 21.2 Å². The number of fused-ring (bicyclic) bond motifs is 1. The van der Waals surface area contributed by atoms with Crippen molar-refractivity contribution in [3.63, 3.8) is 0 Å². The van der Waals surface area contributed by atoms with E-state index in [1.165, 1.54) is 30.3 Å². The average Bonchev–Trinajstić information content (AvgIpc) is 2.85. The summed E-state index contributed by atoms with van der Waals surface area (Å²) >= 11 is 11.6. The van der Waals surface area contributed by atoms with Crippen LogP contribution in [0.1, 0.15) is 20.7 Å². The van der Waals surface area contributed by atoms with Crippen LogP contribution in [0.5, 0.6) is 0 Å². The van der Waals surface area contributed by atoms with Crippen LogP contribution in [0.2, 0.25) is 10.0 Å². The van der Waals surface area contributed by atoms with Crippen LogP contribution in [0, 0.1) is 0 Å². The number of carbonyl (C=O) groups is 3. The predicted molar refractivity (Wildman–Crippen MR) is 91.8 cm³/mol. The monoisotopic (exact) mass is 416 g/mol. The first-order valence-corrected chi connectivity index (χ1v) is 8.16. The third-order valence-corrected chi connectivity index (χ3v) is 4.60. The second-order valence-corrected chi connectivity index (χ2v) is 6.37. The van der Waals surface area contributed by atoms with Gasteiger partial charge >= 0.3 is 12.1 Å². The summed E-state index contributed by atoms with van der Waals surface area (Å²) in [5.74, 6) is -3.84. The minimum absolute atomic E-state index is 0.0519. The Labute approximate surface area is 160 Å². The Bertz CT molecular complexity index is 928. The molecule has 0 atom stereocenters. The molecular weight excluding hydrogens is 408 g/mol. The maximum Gasteiger partial charge on any atom is 0.471 e. The average molecular weight is 417 g/mol. The Morgan fingerprint density at radius 2 is 1.52 bits per heavy atom. The third-order valence-electron chi connectivity index (χ3n) is 3.86. The van der Waals surface area contributed by atoms with Gasteiger partial charge in [0, 0.05) is 5.69 Å². The molecule has 140 valence electrons. The molecule has 0 spiro atoms. The highest BCUT2D eigenvalue weighted by Crippen LogP contribution is 2.31. The van der Waals surface area contributed by atoms with Crippen molar-refractivity contribution >= 4 is 46.6 Å². The third kappa shape index (κ3) is 3.50. The molecule has 0 saturated carbocycles. The number of carbonyl (C=O) groups excluding carboxylic acids is 3. The number of hydrogen-bond acceptors (Lipinski definition) is 3. The molecule has 0 saturated heterocycles. The lowest BCUT2D eigenvalue weighted by atomic mass is 10.1. The number of alkyl halides is 3. The van der Waals surface area contributed by atoms with Crippen molar-refractivity contribution in [1.82, 2.24) is 4.90 Å². The Kier molecular flexibility index (Phi) is 4.88. The fourth-order valence-electron chi connectivity index (χ4n) is 2.58. The molecule has 1 aliphatic heterocycles. The largest absolute Gasteiger partial charge is 0.471 e. The van der Waals surface area contributed by atoms with Gasteiger partial charge in [-0.3, -0.25) is 24.2 Å². The quantitative estimate of drug-likeness (QED) is 0.706. The molecule has 3 amide bonds. The molecule has 0 N–H and O–H groups in total. The first kappa shape index (κ1) is 19.2. The fourth-order valence-corrected chi connectivity index (χ4v) is 2.87. The minimum atomic E-state index is -5.23. The molecule has 0 radical (unpaired) electrons. The topological polar surface area (TPSA) is 57.7 Å². The molecule has 5 nitrogen and oxygen atoms in total. The van der Waals surface area contributed by atoms with E-state index in [0.29, 0.717) is 4.90 Å². The van der Waals surface area contributed by atoms with Gasteiger partial charge in [-0.1, -0.05) is 35.3 Å². The van der Waals surface area contributed by atoms with Gasteiger partial charge in [0.15, 0.2) is 0 Å². The van der Waals surface area contributed by atoms with Crippen LogP contribution < -0.4 is 4.90 Å². The van der Waals surface area contributed by atoms with Gasteiger partial charge in [0.25, 0.3) is 11.8 Å². The van der Waals surface area contributed by atoms with Crippen molar-refractivity contribution in [2.75, 3.05) is 11.6 Å². The molecule has 10 heteroatoms. The fraction of sp³-hybridized carbons (Fsp3) is 0.118. The molecule has 0 aromatic heterocycles. The number of amides is 3. The summed E-state index contributed by atoms with van der Waals surface area (Å²) in [6.45, 7) is -0.928. The van der Waals surface area contributed by atoms with Gasteiger partial charge in [-0.15, -0.1) is 0 Å². The van der Waals surface area contributed by atoms with Crippen LogP contribution in [-0.4, -0.2) is 35.5 Å². The van der Waals surface area contributed by atoms with Crippen LogP contribution in [0.3, 0.4) is 0 Å². The van der Waals surface area contributed by atoms with Crippen LogP contribution in [0.25, 0.3) is 0 Å². The lowest BCUT2D eigenvalue weighted by Gasteiger charge is -2.27. The molecule has 1 aliphatic rings. The summed E-state index contributed by atoms with van der Waals surface area (Å²) in [5, 5.41) is -0.0166. The van der Waals surface area contributed by atoms with E-state index in [1.807, 2.05) is 0 Å². The molecule has 0 aliphatic carbocycles. The highest BCUT2D eigenvalue weighted by Gasteiger charge is 2.45. The number of nitrogens with zero attached hydrogens (tertiary/aromatic N) is 2. The Morgan fingerprint density at radius 1 is 0.963 bits per heavy atom. The first-order valence-electron chi connectivity index (χ1n) is 7.40. The lowest BCUT2D eigenvalue weighted by molar-refractivity contribution is -0.170. The zero-order valence-electron chi connectivity index (χ0n) is 13.3. The second kappa shape index (κ2) is 6.86. The predicted octanol–water partition coefficient (Wildman–Crippen LogP) is 4.14. The van der Waals surface area contributed by atoms with Crippen molar-refractivity contribution in [3.8, 4) is 0 Å². The molecule has 0 unspecified atom stereocenters. The molecule has 0 fully saturated rings. The Balaban J connectivity index is 2.00. The molecule has 1 heterocycles. The smallest absolute Gasteiger partial charge is 0.286 e. The Hall–Kier alpha value is -2.58. The van der Waals surface area contributed by atoms with Crippen LogP contribution >= 0.6 is 23.2 Å². The zero-order valence-corrected chi connectivity index (χ0v) is 14.8. The van der Waals surface area contributed by atoms with E-state index in [1.54, 1.807) is 0 Å². The number of benzene rings is 2. The molecule has 27 heavy (non-hydrogen) atoms. The maximum atomic E-state index is 13.1. The van der Waals surface area contributed by atoms with Gasteiger partial charge in [0.2, 0.25) is 0 Å². The van der Waals surface area contributed by atoms with E-state index in [2.05, 4.69) is 0 Å². The van der Waals surface area contributed by atoms with E-state index in [-0.39, 0.29) is 31.8 Å². The standard InChI is InChI=1S/C17H9Cl2F3N2O3/c18-12-6-5-9(7-13(12)19)23(16(27)17(20,21)22)8-24-14(25)10-3-1-2-4-11(10)15(24)26/h1-7H,8H2. The van der Waals surface area contributed by atoms with E-state index in [4.69, 9.17) is 23.2 Å². The summed E-state index contributed by atoms with van der Waals surface area (Å²) < 4.78 is 39.2. The molecular formula is C17H9Cl2F3N2O3. The normalized spacial score (nSPS) is 13.7. The Morgan fingerprint density at radius 3 is 2.00 bits per heavy atom. The number of halogens is 5. The summed E-state index contributed by atoms with van der Waals surface area (Å²) in [6.07, 6.45) is -5.23. The molecule has 0 bridgehead atoms. The van der Waals surface area contributed by atoms with Crippen LogP contribution in [0.4, 0.5) is 18.9 Å². The zero-order chi connectivity index (χ0) is 19.9. The molecule has 2 aromatic rings. The lowest BCUT2D eigenvalue weighted by Crippen LogP contribution is -2.49. The SMILES string of the molecule is O=C1c2ccccc2C(=O)N1CN(C(=O)C(F)(F)F)c1ccc(Cl)c(Cl)c1. The van der Waals surface area contributed by atoms with Crippen molar-refractivity contribution in [2.24, 2.45) is 0 Å². The van der Waals surface area contributed by atoms with Gasteiger partial charge in [0.1, 0.15) is 6.67 Å². The number of imide groups is 1. The number of hydrogen-bond donors (Lipinski definition) is 0. The van der Waals surface area contributed by atoms with Crippen molar-refractivity contribution < 1.29 is 27.6 Å². The van der Waals surface area contributed by atoms with Gasteiger partial charge in [-0.25, -0.2) is 0 Å². The van der Waals surface area contributed by atoms with E-state index in [0.717, 1.165) is 12.1 Å². The van der Waals surface area contributed by atoms with Crippen molar-refractivity contribution in [1.29, 1.82) is 0 Å². The maximum absolute atomic E-state index is 13.1. The summed E-state index contributed by atoms with van der Waals surface area (Å²) in [4.78, 5) is 37.5.